The summed E-state index contributed by atoms with van der Waals surface area (Å²) < 4.78 is 13.5. The van der Waals surface area contributed by atoms with E-state index < -0.39 is 10.7 Å². The lowest BCUT2D eigenvalue weighted by atomic mass is 9.89. The first-order valence-corrected chi connectivity index (χ1v) is 7.98. The SMILES string of the molecule is Cl.NC[C@@H]1CN(Cc2cc(F)ccc2[N+](=O)[O-])C[C@H]1c1ccccc1. The molecule has 1 fully saturated rings. The molecule has 7 heteroatoms. The van der Waals surface area contributed by atoms with Crippen molar-refractivity contribution in [1.29, 1.82) is 0 Å². The average Bonchev–Trinajstić information content (AvgIpc) is 2.98. The molecule has 0 amide bonds. The minimum absolute atomic E-state index is 0. The Morgan fingerprint density at radius 1 is 1.20 bits per heavy atom. The van der Waals surface area contributed by atoms with E-state index in [4.69, 9.17) is 5.73 Å². The van der Waals surface area contributed by atoms with Gasteiger partial charge in [0.15, 0.2) is 0 Å². The molecule has 1 aliphatic heterocycles. The van der Waals surface area contributed by atoms with Gasteiger partial charge in [-0.15, -0.1) is 12.4 Å². The summed E-state index contributed by atoms with van der Waals surface area (Å²) in [6.45, 7) is 2.43. The standard InChI is InChI=1S/C18H20FN3O2.ClH/c19-16-6-7-18(22(23)24)14(8-16)10-21-11-15(9-20)17(12-21)13-4-2-1-3-5-13;/h1-8,15,17H,9-12,20H2;1H/t15-,17+;/m1./s1. The summed E-state index contributed by atoms with van der Waals surface area (Å²) >= 11 is 0. The minimum Gasteiger partial charge on any atom is -0.330 e. The van der Waals surface area contributed by atoms with Crippen LogP contribution in [0.3, 0.4) is 0 Å². The van der Waals surface area contributed by atoms with Crippen LogP contribution in [0.4, 0.5) is 10.1 Å². The highest BCUT2D eigenvalue weighted by Gasteiger charge is 2.33. The number of benzene rings is 2. The summed E-state index contributed by atoms with van der Waals surface area (Å²) in [7, 11) is 0. The first-order valence-electron chi connectivity index (χ1n) is 7.98. The maximum Gasteiger partial charge on any atom is 0.274 e. The van der Waals surface area contributed by atoms with Crippen LogP contribution in [-0.2, 0) is 6.54 Å². The number of nitrogens with zero attached hydrogens (tertiary/aromatic N) is 2. The minimum atomic E-state index is -0.458. The number of nitro groups is 1. The zero-order valence-corrected chi connectivity index (χ0v) is 14.5. The highest BCUT2D eigenvalue weighted by atomic mass is 35.5. The Bertz CT molecular complexity index is 730. The Hall–Kier alpha value is -2.02. The maximum atomic E-state index is 13.5. The van der Waals surface area contributed by atoms with Crippen LogP contribution in [0.1, 0.15) is 17.0 Å². The van der Waals surface area contributed by atoms with Crippen molar-refractivity contribution < 1.29 is 9.31 Å². The quantitative estimate of drug-likeness (QED) is 0.651. The van der Waals surface area contributed by atoms with Crippen molar-refractivity contribution in [1.82, 2.24) is 4.90 Å². The summed E-state index contributed by atoms with van der Waals surface area (Å²) in [6.07, 6.45) is 0. The highest BCUT2D eigenvalue weighted by molar-refractivity contribution is 5.85. The molecule has 0 radical (unpaired) electrons. The Morgan fingerprint density at radius 3 is 2.56 bits per heavy atom. The molecule has 0 aromatic heterocycles. The van der Waals surface area contributed by atoms with Gasteiger partial charge in [-0.25, -0.2) is 4.39 Å². The van der Waals surface area contributed by atoms with E-state index in [1.54, 1.807) is 0 Å². The Kier molecular flexibility index (Phi) is 6.47. The first kappa shape index (κ1) is 19.3. The van der Waals surface area contributed by atoms with Crippen LogP contribution in [0, 0.1) is 21.8 Å². The van der Waals surface area contributed by atoms with Gasteiger partial charge < -0.3 is 5.73 Å². The van der Waals surface area contributed by atoms with Gasteiger partial charge in [0.2, 0.25) is 0 Å². The third-order valence-electron chi connectivity index (χ3n) is 4.68. The van der Waals surface area contributed by atoms with E-state index in [2.05, 4.69) is 17.0 Å². The van der Waals surface area contributed by atoms with Crippen LogP contribution in [0.2, 0.25) is 0 Å². The molecule has 0 bridgehead atoms. The van der Waals surface area contributed by atoms with Gasteiger partial charge in [-0.1, -0.05) is 30.3 Å². The molecule has 2 N–H and O–H groups in total. The largest absolute Gasteiger partial charge is 0.330 e. The Balaban J connectivity index is 0.00000225. The van der Waals surface area contributed by atoms with E-state index in [1.807, 2.05) is 18.2 Å². The highest BCUT2D eigenvalue weighted by Crippen LogP contribution is 2.33. The van der Waals surface area contributed by atoms with Crippen LogP contribution >= 0.6 is 12.4 Å². The fourth-order valence-electron chi connectivity index (χ4n) is 3.51. The zero-order chi connectivity index (χ0) is 17.1. The molecular formula is C18H21ClFN3O2. The van der Waals surface area contributed by atoms with Crippen LogP contribution < -0.4 is 5.73 Å². The molecule has 1 aliphatic rings. The van der Waals surface area contributed by atoms with Gasteiger partial charge in [0, 0.05) is 37.2 Å². The normalized spacial score (nSPS) is 20.2. The molecule has 3 rings (SSSR count). The van der Waals surface area contributed by atoms with Gasteiger partial charge in [0.1, 0.15) is 5.82 Å². The van der Waals surface area contributed by atoms with Crippen molar-refractivity contribution in [2.24, 2.45) is 11.7 Å². The fraction of sp³-hybridized carbons (Fsp3) is 0.333. The first-order chi connectivity index (χ1) is 11.6. The molecule has 0 aliphatic carbocycles. The average molecular weight is 366 g/mol. The fourth-order valence-corrected chi connectivity index (χ4v) is 3.51. The smallest absolute Gasteiger partial charge is 0.274 e. The van der Waals surface area contributed by atoms with Crippen molar-refractivity contribution in [2.75, 3.05) is 19.6 Å². The summed E-state index contributed by atoms with van der Waals surface area (Å²) in [4.78, 5) is 12.8. The van der Waals surface area contributed by atoms with E-state index >= 15 is 0 Å². The molecule has 25 heavy (non-hydrogen) atoms. The van der Waals surface area contributed by atoms with Crippen LogP contribution in [-0.4, -0.2) is 29.5 Å². The van der Waals surface area contributed by atoms with Crippen molar-refractivity contribution in [3.63, 3.8) is 0 Å². The predicted molar refractivity (Wildman–Crippen MR) is 97.3 cm³/mol. The third kappa shape index (κ3) is 4.34. The summed E-state index contributed by atoms with van der Waals surface area (Å²) in [5.74, 6) is 0.133. The molecular weight excluding hydrogens is 345 g/mol. The second-order valence-corrected chi connectivity index (χ2v) is 6.24. The lowest BCUT2D eigenvalue weighted by Gasteiger charge is -2.17. The second kappa shape index (κ2) is 8.38. The Labute approximate surface area is 152 Å². The lowest BCUT2D eigenvalue weighted by molar-refractivity contribution is -0.385. The molecule has 1 heterocycles. The monoisotopic (exact) mass is 365 g/mol. The van der Waals surface area contributed by atoms with E-state index in [9.17, 15) is 14.5 Å². The topological polar surface area (TPSA) is 72.4 Å². The Morgan fingerprint density at radius 2 is 1.92 bits per heavy atom. The van der Waals surface area contributed by atoms with Gasteiger partial charge >= 0.3 is 0 Å². The molecule has 0 saturated carbocycles. The molecule has 1 saturated heterocycles. The number of hydrogen-bond donors (Lipinski definition) is 1. The number of rotatable bonds is 5. The van der Waals surface area contributed by atoms with Crippen LogP contribution in [0.15, 0.2) is 48.5 Å². The molecule has 0 spiro atoms. The van der Waals surface area contributed by atoms with Crippen molar-refractivity contribution in [2.45, 2.75) is 12.5 Å². The van der Waals surface area contributed by atoms with Crippen molar-refractivity contribution in [3.8, 4) is 0 Å². The van der Waals surface area contributed by atoms with Crippen LogP contribution in [0.25, 0.3) is 0 Å². The third-order valence-corrected chi connectivity index (χ3v) is 4.68. The van der Waals surface area contributed by atoms with E-state index in [-0.39, 0.29) is 18.1 Å². The molecule has 0 unspecified atom stereocenters. The van der Waals surface area contributed by atoms with Gasteiger partial charge in [0.25, 0.3) is 5.69 Å². The van der Waals surface area contributed by atoms with Gasteiger partial charge in [-0.2, -0.15) is 0 Å². The summed E-state index contributed by atoms with van der Waals surface area (Å²) in [5.41, 5.74) is 7.52. The number of likely N-dealkylation sites (tertiary alicyclic amines) is 1. The molecule has 134 valence electrons. The number of nitro benzene ring substituents is 1. The lowest BCUT2D eigenvalue weighted by Crippen LogP contribution is -2.23. The van der Waals surface area contributed by atoms with E-state index in [0.717, 1.165) is 19.2 Å². The zero-order valence-electron chi connectivity index (χ0n) is 13.7. The van der Waals surface area contributed by atoms with Gasteiger partial charge in [0.05, 0.1) is 4.92 Å². The van der Waals surface area contributed by atoms with E-state index in [0.29, 0.717) is 30.5 Å². The van der Waals surface area contributed by atoms with Gasteiger partial charge in [-0.3, -0.25) is 15.0 Å². The predicted octanol–water partition coefficient (Wildman–Crippen LogP) is 3.33. The van der Waals surface area contributed by atoms with Gasteiger partial charge in [-0.05, 0) is 30.2 Å². The summed E-state index contributed by atoms with van der Waals surface area (Å²) in [5, 5.41) is 11.2. The summed E-state index contributed by atoms with van der Waals surface area (Å²) in [6, 6.07) is 13.8. The number of halogens is 2. The van der Waals surface area contributed by atoms with Crippen molar-refractivity contribution >= 4 is 18.1 Å². The van der Waals surface area contributed by atoms with Crippen LogP contribution in [0.5, 0.6) is 0 Å². The molecule has 2 aromatic rings. The van der Waals surface area contributed by atoms with E-state index in [1.165, 1.54) is 17.7 Å². The van der Waals surface area contributed by atoms with Crippen molar-refractivity contribution in [3.05, 3.63) is 75.6 Å². The molecule has 2 aromatic carbocycles. The maximum absolute atomic E-state index is 13.5. The molecule has 2 atom stereocenters. The number of hydrogen-bond acceptors (Lipinski definition) is 4. The second-order valence-electron chi connectivity index (χ2n) is 6.24. The number of nitrogens with two attached hydrogens (primary N) is 1. The molecule has 5 nitrogen and oxygen atoms in total.